The summed E-state index contributed by atoms with van der Waals surface area (Å²) in [5, 5.41) is 15.6. The molecule has 2 heteroatoms. The molecule has 0 aliphatic heterocycles. The van der Waals surface area contributed by atoms with Crippen LogP contribution in [0.2, 0.25) is 0 Å². The number of allylic oxidation sites excluding steroid dienone is 1. The van der Waals surface area contributed by atoms with Gasteiger partial charge in [-0.1, -0.05) is 12.7 Å². The van der Waals surface area contributed by atoms with Crippen molar-refractivity contribution in [2.45, 2.75) is 6.92 Å². The first-order valence-electron chi connectivity index (χ1n) is 2.46. The van der Waals surface area contributed by atoms with Crippen molar-refractivity contribution in [3.8, 4) is 6.07 Å². The molecule has 1 N–H and O–H groups in total. The van der Waals surface area contributed by atoms with Gasteiger partial charge in [0, 0.05) is 5.57 Å². The summed E-state index contributed by atoms with van der Waals surface area (Å²) >= 11 is 0. The second kappa shape index (κ2) is 10.0. The fourth-order valence-electron chi connectivity index (χ4n) is 0. The Hall–Kier alpha value is -1.07. The van der Waals surface area contributed by atoms with Gasteiger partial charge in [0.1, 0.15) is 0 Å². The van der Waals surface area contributed by atoms with E-state index in [1.807, 2.05) is 6.07 Å². The van der Waals surface area contributed by atoms with E-state index in [0.717, 1.165) is 0 Å². The van der Waals surface area contributed by atoms with E-state index in [2.05, 4.69) is 13.2 Å². The molecule has 0 unspecified atom stereocenters. The molecule has 0 radical (unpaired) electrons. The van der Waals surface area contributed by atoms with E-state index in [0.29, 0.717) is 5.57 Å². The van der Waals surface area contributed by atoms with E-state index >= 15 is 0 Å². The summed E-state index contributed by atoms with van der Waals surface area (Å²) in [6.45, 7) is 8.29. The maximum Gasteiger partial charge on any atom is 0.0937 e. The van der Waals surface area contributed by atoms with Crippen LogP contribution in [0.1, 0.15) is 6.92 Å². The van der Waals surface area contributed by atoms with Crippen molar-refractivity contribution >= 4 is 0 Å². The van der Waals surface area contributed by atoms with Gasteiger partial charge in [0.2, 0.25) is 0 Å². The smallest absolute Gasteiger partial charge is 0.0937 e. The minimum Gasteiger partial charge on any atom is -0.392 e. The molecule has 9 heavy (non-hydrogen) atoms. The summed E-state index contributed by atoms with van der Waals surface area (Å²) in [5.74, 6) is 0. The van der Waals surface area contributed by atoms with Gasteiger partial charge in [0.25, 0.3) is 0 Å². The summed E-state index contributed by atoms with van der Waals surface area (Å²) in [5.41, 5.74) is 0.560. The Balaban J connectivity index is 0. The quantitative estimate of drug-likeness (QED) is 0.423. The molecule has 0 spiro atoms. The molecule has 0 saturated heterocycles. The van der Waals surface area contributed by atoms with Crippen molar-refractivity contribution in [3.63, 3.8) is 0 Å². The second-order valence-electron chi connectivity index (χ2n) is 1.36. The molecule has 0 aliphatic carbocycles. The molecule has 2 nitrogen and oxygen atoms in total. The van der Waals surface area contributed by atoms with Gasteiger partial charge in [-0.3, -0.25) is 0 Å². The van der Waals surface area contributed by atoms with E-state index in [-0.39, 0.29) is 6.61 Å². The maximum atomic E-state index is 7.79. The highest BCUT2D eigenvalue weighted by Crippen LogP contribution is 1.74. The Morgan fingerprint density at radius 3 is 2.11 bits per heavy atom. The molecule has 0 bridgehead atoms. The Morgan fingerprint density at radius 1 is 1.89 bits per heavy atom. The molecular formula is C7H11NO. The first kappa shape index (κ1) is 10.8. The molecular weight excluding hydrogens is 114 g/mol. The summed E-state index contributed by atoms with van der Waals surface area (Å²) in [4.78, 5) is 0. The van der Waals surface area contributed by atoms with Crippen molar-refractivity contribution in [2.75, 3.05) is 6.61 Å². The summed E-state index contributed by atoms with van der Waals surface area (Å²) < 4.78 is 0. The second-order valence-corrected chi connectivity index (χ2v) is 1.36. The van der Waals surface area contributed by atoms with Crippen LogP contribution in [0.5, 0.6) is 0 Å². The number of aliphatic hydroxyl groups is 1. The minimum absolute atomic E-state index is 0.0833. The molecule has 0 aromatic heterocycles. The lowest BCUT2D eigenvalue weighted by atomic mass is 10.4. The predicted molar refractivity (Wildman–Crippen MR) is 37.7 cm³/mol. The largest absolute Gasteiger partial charge is 0.392 e. The monoisotopic (exact) mass is 125 g/mol. The van der Waals surface area contributed by atoms with E-state index in [4.69, 9.17) is 10.4 Å². The van der Waals surface area contributed by atoms with Gasteiger partial charge in [0.05, 0.1) is 12.7 Å². The zero-order valence-corrected chi connectivity index (χ0v) is 5.59. The zero-order valence-electron chi connectivity index (χ0n) is 5.59. The van der Waals surface area contributed by atoms with Crippen molar-refractivity contribution in [1.82, 2.24) is 0 Å². The molecule has 0 atom stereocenters. The number of nitriles is 1. The average Bonchev–Trinajstić information content (AvgIpc) is 1.89. The van der Waals surface area contributed by atoms with Gasteiger partial charge < -0.3 is 5.11 Å². The number of aliphatic hydroxyl groups excluding tert-OH is 1. The Morgan fingerprint density at radius 2 is 2.11 bits per heavy atom. The lowest BCUT2D eigenvalue weighted by Gasteiger charge is -1.61. The zero-order chi connectivity index (χ0) is 7.70. The van der Waals surface area contributed by atoms with E-state index in [1.165, 1.54) is 6.08 Å². The number of hydrogen-bond donors (Lipinski definition) is 1. The SMILES string of the molecule is C=C(C)C#N.C=CCO. The Bertz CT molecular complexity index is 121. The highest BCUT2D eigenvalue weighted by molar-refractivity contribution is 5.11. The van der Waals surface area contributed by atoms with E-state index in [9.17, 15) is 0 Å². The number of hydrogen-bond acceptors (Lipinski definition) is 2. The van der Waals surface area contributed by atoms with Crippen LogP contribution in [-0.4, -0.2) is 11.7 Å². The van der Waals surface area contributed by atoms with E-state index < -0.39 is 0 Å². The topological polar surface area (TPSA) is 44.0 Å². The van der Waals surface area contributed by atoms with Crippen LogP contribution in [0.3, 0.4) is 0 Å². The molecule has 0 fully saturated rings. The highest BCUT2D eigenvalue weighted by atomic mass is 16.2. The van der Waals surface area contributed by atoms with Crippen molar-refractivity contribution in [2.24, 2.45) is 0 Å². The number of rotatable bonds is 1. The standard InChI is InChI=1S/C4H5N.C3H6O/c1-4(2)3-5;1-2-3-4/h1H2,2H3;2,4H,1,3H2. The average molecular weight is 125 g/mol. The van der Waals surface area contributed by atoms with Gasteiger partial charge in [-0.2, -0.15) is 5.26 Å². The molecule has 50 valence electrons. The molecule has 0 heterocycles. The summed E-state index contributed by atoms with van der Waals surface area (Å²) in [6.07, 6.45) is 1.43. The van der Waals surface area contributed by atoms with Gasteiger partial charge in [0.15, 0.2) is 0 Å². The Labute approximate surface area is 55.7 Å². The fourth-order valence-corrected chi connectivity index (χ4v) is 0. The van der Waals surface area contributed by atoms with Crippen LogP contribution in [0.25, 0.3) is 0 Å². The van der Waals surface area contributed by atoms with E-state index in [1.54, 1.807) is 6.92 Å². The molecule has 0 aromatic rings. The third-order valence-corrected chi connectivity index (χ3v) is 0.320. The summed E-state index contributed by atoms with van der Waals surface area (Å²) in [7, 11) is 0. The van der Waals surface area contributed by atoms with Gasteiger partial charge >= 0.3 is 0 Å². The third-order valence-electron chi connectivity index (χ3n) is 0.320. The lowest BCUT2D eigenvalue weighted by Crippen LogP contribution is -1.62. The van der Waals surface area contributed by atoms with Gasteiger partial charge in [-0.15, -0.1) is 6.58 Å². The molecule has 0 aromatic carbocycles. The van der Waals surface area contributed by atoms with Crippen LogP contribution in [0.4, 0.5) is 0 Å². The first-order chi connectivity index (χ1) is 4.18. The predicted octanol–water partition coefficient (Wildman–Crippen LogP) is 1.25. The molecule has 0 saturated carbocycles. The summed E-state index contributed by atoms with van der Waals surface area (Å²) in [6, 6.07) is 1.83. The van der Waals surface area contributed by atoms with Crippen molar-refractivity contribution in [3.05, 3.63) is 24.8 Å². The van der Waals surface area contributed by atoms with Gasteiger partial charge in [-0.25, -0.2) is 0 Å². The fraction of sp³-hybridized carbons (Fsp3) is 0.286. The van der Waals surface area contributed by atoms with Crippen LogP contribution in [-0.2, 0) is 0 Å². The molecule has 0 amide bonds. The maximum absolute atomic E-state index is 7.79. The van der Waals surface area contributed by atoms with Crippen molar-refractivity contribution in [1.29, 1.82) is 5.26 Å². The molecule has 0 rings (SSSR count). The molecule has 0 aliphatic rings. The van der Waals surface area contributed by atoms with Crippen LogP contribution >= 0.6 is 0 Å². The van der Waals surface area contributed by atoms with Crippen molar-refractivity contribution < 1.29 is 5.11 Å². The number of nitrogens with zero attached hydrogens (tertiary/aromatic N) is 1. The Kier molecular flexibility index (Phi) is 12.1. The minimum atomic E-state index is 0.0833. The first-order valence-corrected chi connectivity index (χ1v) is 2.46. The van der Waals surface area contributed by atoms with Crippen LogP contribution in [0, 0.1) is 11.3 Å². The van der Waals surface area contributed by atoms with Crippen LogP contribution < -0.4 is 0 Å². The normalized spacial score (nSPS) is 5.89. The third kappa shape index (κ3) is 45.2. The van der Waals surface area contributed by atoms with Crippen LogP contribution in [0.15, 0.2) is 24.8 Å². The lowest BCUT2D eigenvalue weighted by molar-refractivity contribution is 0.343. The highest BCUT2D eigenvalue weighted by Gasteiger charge is 1.64. The van der Waals surface area contributed by atoms with Gasteiger partial charge in [-0.05, 0) is 6.92 Å².